The highest BCUT2D eigenvalue weighted by molar-refractivity contribution is 6.31. The average molecular weight is 336 g/mol. The molecular weight excluding hydrogens is 318 g/mol. The molecule has 4 amide bonds. The molecule has 3 rings (SSSR count). The van der Waals surface area contributed by atoms with Crippen molar-refractivity contribution in [2.24, 2.45) is 5.92 Å². The number of hydrogen-bond donors (Lipinski definition) is 2. The largest absolute Gasteiger partial charge is 0.325 e. The second-order valence-corrected chi connectivity index (χ2v) is 6.72. The minimum atomic E-state index is -0.871. The molecule has 122 valence electrons. The van der Waals surface area contributed by atoms with Crippen molar-refractivity contribution in [1.82, 2.24) is 10.2 Å². The zero-order valence-corrected chi connectivity index (χ0v) is 13.7. The van der Waals surface area contributed by atoms with Crippen molar-refractivity contribution >= 4 is 35.1 Å². The van der Waals surface area contributed by atoms with E-state index in [-0.39, 0.29) is 18.4 Å². The van der Waals surface area contributed by atoms with E-state index >= 15 is 0 Å². The van der Waals surface area contributed by atoms with Gasteiger partial charge >= 0.3 is 6.03 Å². The van der Waals surface area contributed by atoms with Gasteiger partial charge in [0.2, 0.25) is 5.91 Å². The van der Waals surface area contributed by atoms with E-state index in [1.807, 2.05) is 6.92 Å². The van der Waals surface area contributed by atoms with Crippen molar-refractivity contribution in [1.29, 1.82) is 0 Å². The smallest absolute Gasteiger partial charge is 0.324 e. The Hall–Kier alpha value is -2.08. The predicted molar refractivity (Wildman–Crippen MR) is 86.2 cm³/mol. The van der Waals surface area contributed by atoms with Crippen LogP contribution in [0.25, 0.3) is 0 Å². The Morgan fingerprint density at radius 3 is 2.74 bits per heavy atom. The summed E-state index contributed by atoms with van der Waals surface area (Å²) in [5.41, 5.74) is 0.562. The van der Waals surface area contributed by atoms with Gasteiger partial charge in [0.1, 0.15) is 12.1 Å². The van der Waals surface area contributed by atoms with Gasteiger partial charge in [-0.3, -0.25) is 14.5 Å². The highest BCUT2D eigenvalue weighted by atomic mass is 35.5. The Kier molecular flexibility index (Phi) is 3.80. The monoisotopic (exact) mass is 335 g/mol. The number of nitrogens with zero attached hydrogens (tertiary/aromatic N) is 1. The number of carbonyl (C=O) groups is 3. The Morgan fingerprint density at radius 1 is 1.43 bits per heavy atom. The average Bonchev–Trinajstić information content (AvgIpc) is 3.29. The quantitative estimate of drug-likeness (QED) is 0.829. The second-order valence-electron chi connectivity index (χ2n) is 6.31. The zero-order valence-electron chi connectivity index (χ0n) is 13.0. The zero-order chi connectivity index (χ0) is 16.8. The van der Waals surface area contributed by atoms with E-state index in [0.717, 1.165) is 23.3 Å². The van der Waals surface area contributed by atoms with Gasteiger partial charge in [-0.2, -0.15) is 0 Å². The van der Waals surface area contributed by atoms with Crippen LogP contribution in [0.5, 0.6) is 0 Å². The maximum Gasteiger partial charge on any atom is 0.325 e. The lowest BCUT2D eigenvalue weighted by atomic mass is 9.96. The number of aryl methyl sites for hydroxylation is 1. The first-order chi connectivity index (χ1) is 10.8. The fourth-order valence-electron chi connectivity index (χ4n) is 2.81. The van der Waals surface area contributed by atoms with Crippen molar-refractivity contribution in [3.05, 3.63) is 28.8 Å². The van der Waals surface area contributed by atoms with Crippen LogP contribution in [0, 0.1) is 12.8 Å². The molecule has 6 nitrogen and oxygen atoms in total. The highest BCUT2D eigenvalue weighted by Gasteiger charge is 2.56. The van der Waals surface area contributed by atoms with Gasteiger partial charge in [0, 0.05) is 10.7 Å². The van der Waals surface area contributed by atoms with Gasteiger partial charge in [-0.25, -0.2) is 4.79 Å². The normalized spacial score (nSPS) is 23.9. The van der Waals surface area contributed by atoms with E-state index in [0.29, 0.717) is 10.7 Å². The van der Waals surface area contributed by atoms with E-state index in [4.69, 9.17) is 11.6 Å². The first-order valence-electron chi connectivity index (χ1n) is 7.51. The first kappa shape index (κ1) is 15.8. The van der Waals surface area contributed by atoms with Gasteiger partial charge in [0.25, 0.3) is 5.91 Å². The number of anilines is 1. The summed E-state index contributed by atoms with van der Waals surface area (Å²) in [4.78, 5) is 37.6. The van der Waals surface area contributed by atoms with Crippen LogP contribution in [0.3, 0.4) is 0 Å². The maximum absolute atomic E-state index is 12.4. The lowest BCUT2D eigenvalue weighted by Gasteiger charge is -2.20. The van der Waals surface area contributed by atoms with E-state index in [2.05, 4.69) is 10.6 Å². The van der Waals surface area contributed by atoms with Crippen molar-refractivity contribution in [2.75, 3.05) is 11.9 Å². The summed E-state index contributed by atoms with van der Waals surface area (Å²) in [7, 11) is 0. The molecule has 2 fully saturated rings. The SMILES string of the molecule is Cc1ccc(NC(=O)CN2C(=O)N[C@](C)(C3CC3)C2=O)cc1Cl. The third-order valence-electron chi connectivity index (χ3n) is 4.45. The standard InChI is InChI=1S/C16H18ClN3O3/c1-9-3-6-11(7-12(9)17)18-13(21)8-20-14(22)16(2,10-4-5-10)19-15(20)23/h3,6-7,10H,4-5,8H2,1-2H3,(H,18,21)(H,19,23)/t16-/m1/s1. The van der Waals surface area contributed by atoms with Crippen LogP contribution < -0.4 is 10.6 Å². The first-order valence-corrected chi connectivity index (χ1v) is 7.89. The molecule has 0 radical (unpaired) electrons. The van der Waals surface area contributed by atoms with Crippen LogP contribution >= 0.6 is 11.6 Å². The van der Waals surface area contributed by atoms with Crippen LogP contribution in [0.1, 0.15) is 25.3 Å². The molecule has 0 spiro atoms. The molecule has 1 aromatic carbocycles. The molecule has 2 aliphatic rings. The summed E-state index contributed by atoms with van der Waals surface area (Å²) in [6.45, 7) is 3.28. The summed E-state index contributed by atoms with van der Waals surface area (Å²) < 4.78 is 0. The van der Waals surface area contributed by atoms with Gasteiger partial charge < -0.3 is 10.6 Å². The number of hydrogen-bond acceptors (Lipinski definition) is 3. The van der Waals surface area contributed by atoms with Crippen molar-refractivity contribution in [3.8, 4) is 0 Å². The number of urea groups is 1. The molecule has 0 aromatic heterocycles. The number of imide groups is 1. The number of rotatable bonds is 4. The van der Waals surface area contributed by atoms with Gasteiger partial charge in [0.05, 0.1) is 0 Å². The predicted octanol–water partition coefficient (Wildman–Crippen LogP) is 2.31. The van der Waals surface area contributed by atoms with E-state index in [1.165, 1.54) is 0 Å². The minimum absolute atomic E-state index is 0.169. The summed E-state index contributed by atoms with van der Waals surface area (Å²) in [6.07, 6.45) is 1.84. The Morgan fingerprint density at radius 2 is 2.13 bits per heavy atom. The molecule has 1 aromatic rings. The van der Waals surface area contributed by atoms with Gasteiger partial charge in [-0.1, -0.05) is 17.7 Å². The van der Waals surface area contributed by atoms with Crippen LogP contribution in [-0.4, -0.2) is 34.8 Å². The van der Waals surface area contributed by atoms with Crippen molar-refractivity contribution in [3.63, 3.8) is 0 Å². The summed E-state index contributed by atoms with van der Waals surface area (Å²) in [6, 6.07) is 4.63. The topological polar surface area (TPSA) is 78.5 Å². The fourth-order valence-corrected chi connectivity index (χ4v) is 2.99. The molecule has 0 unspecified atom stereocenters. The lowest BCUT2D eigenvalue weighted by molar-refractivity contribution is -0.134. The van der Waals surface area contributed by atoms with Gasteiger partial charge in [0.15, 0.2) is 0 Å². The number of carbonyl (C=O) groups excluding carboxylic acids is 3. The van der Waals surface area contributed by atoms with Gasteiger partial charge in [-0.05, 0) is 50.3 Å². The Balaban J connectivity index is 1.66. The molecule has 2 N–H and O–H groups in total. The van der Waals surface area contributed by atoms with Crippen LogP contribution in [0.15, 0.2) is 18.2 Å². The maximum atomic E-state index is 12.4. The third kappa shape index (κ3) is 2.91. The molecule has 1 saturated carbocycles. The van der Waals surface area contributed by atoms with E-state index < -0.39 is 17.5 Å². The van der Waals surface area contributed by atoms with Crippen molar-refractivity contribution in [2.45, 2.75) is 32.2 Å². The Bertz CT molecular complexity index is 702. The molecule has 1 aliphatic heterocycles. The number of halogens is 1. The summed E-state index contributed by atoms with van der Waals surface area (Å²) >= 11 is 6.01. The molecular formula is C16H18ClN3O3. The molecule has 0 bridgehead atoms. The summed E-state index contributed by atoms with van der Waals surface area (Å²) in [5, 5.41) is 5.91. The van der Waals surface area contributed by atoms with Crippen LogP contribution in [0.2, 0.25) is 5.02 Å². The molecule has 7 heteroatoms. The second kappa shape index (κ2) is 5.53. The number of benzene rings is 1. The molecule has 1 atom stereocenters. The Labute approximate surface area is 139 Å². The van der Waals surface area contributed by atoms with E-state index in [1.54, 1.807) is 25.1 Å². The lowest BCUT2D eigenvalue weighted by Crippen LogP contribution is -2.46. The van der Waals surface area contributed by atoms with Crippen molar-refractivity contribution < 1.29 is 14.4 Å². The third-order valence-corrected chi connectivity index (χ3v) is 4.86. The number of amides is 4. The van der Waals surface area contributed by atoms with Crippen LogP contribution in [0.4, 0.5) is 10.5 Å². The molecule has 1 heterocycles. The fraction of sp³-hybridized carbons (Fsp3) is 0.438. The molecule has 1 saturated heterocycles. The minimum Gasteiger partial charge on any atom is -0.324 e. The molecule has 23 heavy (non-hydrogen) atoms. The highest BCUT2D eigenvalue weighted by Crippen LogP contribution is 2.42. The number of nitrogens with one attached hydrogen (secondary N) is 2. The van der Waals surface area contributed by atoms with Gasteiger partial charge in [-0.15, -0.1) is 0 Å². The molecule has 1 aliphatic carbocycles. The van der Waals surface area contributed by atoms with E-state index in [9.17, 15) is 14.4 Å². The summed E-state index contributed by atoms with van der Waals surface area (Å²) in [5.74, 6) is -0.599. The van der Waals surface area contributed by atoms with Crippen LogP contribution in [-0.2, 0) is 9.59 Å².